The molecule has 2 unspecified atom stereocenters. The molecule has 3 N–H and O–H groups in total. The Hall–Kier alpha value is -0.570. The van der Waals surface area contributed by atoms with Gasteiger partial charge in [0.05, 0.1) is 0 Å². The third-order valence-corrected chi connectivity index (χ3v) is 3.87. The van der Waals surface area contributed by atoms with Crippen molar-refractivity contribution in [2.24, 2.45) is 17.1 Å². The largest absolute Gasteiger partial charge is 0.351 e. The SMILES string of the molecule is CC(C)(C(=O)NC1CC1N)C1CCC1. The molecule has 0 aromatic heterocycles. The molecular formula is C11H20N2O. The van der Waals surface area contributed by atoms with Crippen LogP contribution in [0, 0.1) is 11.3 Å². The Kier molecular flexibility index (Phi) is 2.30. The minimum atomic E-state index is -0.194. The maximum Gasteiger partial charge on any atom is 0.226 e. The summed E-state index contributed by atoms with van der Waals surface area (Å²) in [5, 5.41) is 3.03. The summed E-state index contributed by atoms with van der Waals surface area (Å²) in [4.78, 5) is 11.9. The van der Waals surface area contributed by atoms with Crippen LogP contribution in [0.4, 0.5) is 0 Å². The summed E-state index contributed by atoms with van der Waals surface area (Å²) in [6.07, 6.45) is 4.64. The molecule has 0 aromatic rings. The summed E-state index contributed by atoms with van der Waals surface area (Å²) in [5.41, 5.74) is 5.47. The molecule has 3 nitrogen and oxygen atoms in total. The zero-order valence-electron chi connectivity index (χ0n) is 9.05. The van der Waals surface area contributed by atoms with Crippen LogP contribution in [0.2, 0.25) is 0 Å². The van der Waals surface area contributed by atoms with Gasteiger partial charge in [0.1, 0.15) is 0 Å². The summed E-state index contributed by atoms with van der Waals surface area (Å²) in [6, 6.07) is 0.456. The molecule has 80 valence electrons. The number of nitrogens with one attached hydrogen (secondary N) is 1. The van der Waals surface area contributed by atoms with Gasteiger partial charge in [0.25, 0.3) is 0 Å². The molecule has 0 saturated heterocycles. The van der Waals surface area contributed by atoms with Gasteiger partial charge >= 0.3 is 0 Å². The van der Waals surface area contributed by atoms with Gasteiger partial charge in [0, 0.05) is 17.5 Å². The molecule has 2 rings (SSSR count). The Labute approximate surface area is 85.4 Å². The van der Waals surface area contributed by atoms with E-state index in [9.17, 15) is 4.79 Å². The third-order valence-electron chi connectivity index (χ3n) is 3.87. The summed E-state index contributed by atoms with van der Waals surface area (Å²) in [5.74, 6) is 0.776. The minimum Gasteiger partial charge on any atom is -0.351 e. The predicted octanol–water partition coefficient (Wildman–Crippen LogP) is 1.03. The topological polar surface area (TPSA) is 55.1 Å². The van der Waals surface area contributed by atoms with Gasteiger partial charge in [-0.1, -0.05) is 20.3 Å². The highest BCUT2D eigenvalue weighted by atomic mass is 16.2. The highest BCUT2D eigenvalue weighted by molar-refractivity contribution is 5.83. The number of rotatable bonds is 3. The number of carbonyl (C=O) groups excluding carboxylic acids is 1. The Balaban J connectivity index is 1.88. The highest BCUT2D eigenvalue weighted by Gasteiger charge is 2.43. The third kappa shape index (κ3) is 1.65. The molecule has 0 aromatic carbocycles. The molecule has 2 atom stereocenters. The number of hydrogen-bond donors (Lipinski definition) is 2. The van der Waals surface area contributed by atoms with Gasteiger partial charge in [0.2, 0.25) is 5.91 Å². The van der Waals surface area contributed by atoms with Crippen molar-refractivity contribution in [3.63, 3.8) is 0 Å². The summed E-state index contributed by atoms with van der Waals surface area (Å²) in [7, 11) is 0. The van der Waals surface area contributed by atoms with Crippen LogP contribution in [0.3, 0.4) is 0 Å². The van der Waals surface area contributed by atoms with E-state index in [1.165, 1.54) is 19.3 Å². The maximum atomic E-state index is 11.9. The summed E-state index contributed by atoms with van der Waals surface area (Å²) in [6.45, 7) is 4.11. The number of nitrogens with two attached hydrogens (primary N) is 1. The molecular weight excluding hydrogens is 176 g/mol. The lowest BCUT2D eigenvalue weighted by molar-refractivity contribution is -0.134. The second-order valence-electron chi connectivity index (χ2n) is 5.33. The molecule has 0 heterocycles. The first kappa shape index (κ1) is 9.97. The van der Waals surface area contributed by atoms with E-state index in [4.69, 9.17) is 5.73 Å². The van der Waals surface area contributed by atoms with Crippen molar-refractivity contribution >= 4 is 5.91 Å². The lowest BCUT2D eigenvalue weighted by Gasteiger charge is -2.39. The fourth-order valence-corrected chi connectivity index (χ4v) is 2.05. The van der Waals surface area contributed by atoms with E-state index in [-0.39, 0.29) is 23.4 Å². The van der Waals surface area contributed by atoms with E-state index >= 15 is 0 Å². The Morgan fingerprint density at radius 3 is 2.36 bits per heavy atom. The van der Waals surface area contributed by atoms with Crippen molar-refractivity contribution < 1.29 is 4.79 Å². The molecule has 1 amide bonds. The van der Waals surface area contributed by atoms with Gasteiger partial charge in [-0.2, -0.15) is 0 Å². The van der Waals surface area contributed by atoms with Gasteiger partial charge in [-0.3, -0.25) is 4.79 Å². The first-order valence-corrected chi connectivity index (χ1v) is 5.58. The first-order valence-electron chi connectivity index (χ1n) is 5.58. The van der Waals surface area contributed by atoms with Crippen LogP contribution < -0.4 is 11.1 Å². The molecule has 2 saturated carbocycles. The van der Waals surface area contributed by atoms with E-state index in [1.54, 1.807) is 0 Å². The van der Waals surface area contributed by atoms with Crippen LogP contribution in [0.1, 0.15) is 39.5 Å². The van der Waals surface area contributed by atoms with Crippen molar-refractivity contribution in [1.82, 2.24) is 5.32 Å². The number of amides is 1. The van der Waals surface area contributed by atoms with Gasteiger partial charge in [-0.25, -0.2) is 0 Å². The van der Waals surface area contributed by atoms with E-state index in [2.05, 4.69) is 19.2 Å². The molecule has 0 aliphatic heterocycles. The standard InChI is InChI=1S/C11H20N2O/c1-11(2,7-4-3-5-7)10(14)13-9-6-8(9)12/h7-9H,3-6,12H2,1-2H3,(H,13,14). The highest BCUT2D eigenvalue weighted by Crippen LogP contribution is 2.42. The fourth-order valence-electron chi connectivity index (χ4n) is 2.05. The molecule has 0 bridgehead atoms. The molecule has 3 heteroatoms. The fraction of sp³-hybridized carbons (Fsp3) is 0.909. The van der Waals surface area contributed by atoms with Crippen molar-refractivity contribution in [2.45, 2.75) is 51.6 Å². The average molecular weight is 196 g/mol. The van der Waals surface area contributed by atoms with Crippen LogP contribution >= 0.6 is 0 Å². The summed E-state index contributed by atoms with van der Waals surface area (Å²) < 4.78 is 0. The zero-order chi connectivity index (χ0) is 10.3. The predicted molar refractivity (Wildman–Crippen MR) is 55.6 cm³/mol. The molecule has 0 radical (unpaired) electrons. The van der Waals surface area contributed by atoms with E-state index in [0.717, 1.165) is 6.42 Å². The number of hydrogen-bond acceptors (Lipinski definition) is 2. The summed E-state index contributed by atoms with van der Waals surface area (Å²) >= 11 is 0. The Morgan fingerprint density at radius 2 is 2.00 bits per heavy atom. The van der Waals surface area contributed by atoms with Crippen LogP contribution in [-0.4, -0.2) is 18.0 Å². The van der Waals surface area contributed by atoms with E-state index in [0.29, 0.717) is 5.92 Å². The van der Waals surface area contributed by atoms with Crippen molar-refractivity contribution in [1.29, 1.82) is 0 Å². The average Bonchev–Trinajstić information content (AvgIpc) is 2.61. The zero-order valence-corrected chi connectivity index (χ0v) is 9.05. The van der Waals surface area contributed by atoms with Gasteiger partial charge in [0.15, 0.2) is 0 Å². The minimum absolute atomic E-state index is 0.194. The molecule has 14 heavy (non-hydrogen) atoms. The maximum absolute atomic E-state index is 11.9. The van der Waals surface area contributed by atoms with E-state index < -0.39 is 0 Å². The van der Waals surface area contributed by atoms with Crippen LogP contribution in [-0.2, 0) is 4.79 Å². The molecule has 0 spiro atoms. The molecule has 2 aliphatic carbocycles. The normalized spacial score (nSPS) is 32.2. The van der Waals surface area contributed by atoms with Crippen molar-refractivity contribution in [2.75, 3.05) is 0 Å². The Bertz CT molecular complexity index is 246. The van der Waals surface area contributed by atoms with Gasteiger partial charge in [-0.05, 0) is 25.2 Å². The number of carbonyl (C=O) groups is 1. The molecule has 2 fully saturated rings. The lowest BCUT2D eigenvalue weighted by atomic mass is 9.67. The first-order chi connectivity index (χ1) is 6.51. The van der Waals surface area contributed by atoms with Gasteiger partial charge in [-0.15, -0.1) is 0 Å². The van der Waals surface area contributed by atoms with Gasteiger partial charge < -0.3 is 11.1 Å². The second-order valence-corrected chi connectivity index (χ2v) is 5.33. The smallest absolute Gasteiger partial charge is 0.226 e. The van der Waals surface area contributed by atoms with Crippen LogP contribution in [0.5, 0.6) is 0 Å². The lowest BCUT2D eigenvalue weighted by Crippen LogP contribution is -2.45. The molecule has 2 aliphatic rings. The second kappa shape index (κ2) is 3.23. The van der Waals surface area contributed by atoms with Crippen LogP contribution in [0.15, 0.2) is 0 Å². The van der Waals surface area contributed by atoms with Crippen molar-refractivity contribution in [3.8, 4) is 0 Å². The van der Waals surface area contributed by atoms with Crippen molar-refractivity contribution in [3.05, 3.63) is 0 Å². The van der Waals surface area contributed by atoms with Crippen LogP contribution in [0.25, 0.3) is 0 Å². The van der Waals surface area contributed by atoms with E-state index in [1.807, 2.05) is 0 Å². The quantitative estimate of drug-likeness (QED) is 0.708. The monoisotopic (exact) mass is 196 g/mol. The Morgan fingerprint density at radius 1 is 1.43 bits per heavy atom.